The molecule has 0 spiro atoms. The number of hydrogen-bond acceptors (Lipinski definition) is 7. The van der Waals surface area contributed by atoms with Gasteiger partial charge >= 0.3 is 18.1 Å². The van der Waals surface area contributed by atoms with Crippen LogP contribution in [0, 0.1) is 5.82 Å². The van der Waals surface area contributed by atoms with Gasteiger partial charge in [0, 0.05) is 17.5 Å². The Hall–Kier alpha value is -3.67. The molecule has 0 bridgehead atoms. The summed E-state index contributed by atoms with van der Waals surface area (Å²) in [7, 11) is 0. The van der Waals surface area contributed by atoms with Gasteiger partial charge in [-0.15, -0.1) is 0 Å². The minimum absolute atomic E-state index is 0.106. The van der Waals surface area contributed by atoms with Gasteiger partial charge in [-0.2, -0.15) is 13.2 Å². The number of ether oxygens (including phenoxy) is 3. The fourth-order valence-corrected chi connectivity index (χ4v) is 4.84. The minimum atomic E-state index is -5.18. The van der Waals surface area contributed by atoms with E-state index in [0.717, 1.165) is 6.42 Å². The van der Waals surface area contributed by atoms with Gasteiger partial charge in [-0.1, -0.05) is 11.6 Å². The molecule has 0 amide bonds. The van der Waals surface area contributed by atoms with Crippen molar-refractivity contribution in [1.82, 2.24) is 10.3 Å². The number of pyridine rings is 1. The first-order valence-corrected chi connectivity index (χ1v) is 13.6. The summed E-state index contributed by atoms with van der Waals surface area (Å²) in [6, 6.07) is 4.93. The number of aromatic nitrogens is 1. The Balaban J connectivity index is 1.83. The highest BCUT2D eigenvalue weighted by Gasteiger charge is 2.46. The Bertz CT molecular complexity index is 1330. The highest BCUT2D eigenvalue weighted by atomic mass is 35.5. The fraction of sp³-hybridized carbons (Fsp3) is 0.414. The quantitative estimate of drug-likeness (QED) is 0.150. The average Bonchev–Trinajstić information content (AvgIpc) is 2.94. The molecular formula is C29H30ClF5N2O5. The third-order valence-electron chi connectivity index (χ3n) is 6.38. The van der Waals surface area contributed by atoms with Crippen LogP contribution in [0.15, 0.2) is 59.2 Å². The van der Waals surface area contributed by atoms with E-state index < -0.39 is 69.5 Å². The summed E-state index contributed by atoms with van der Waals surface area (Å²) >= 11 is 5.86. The predicted octanol–water partition coefficient (Wildman–Crippen LogP) is 6.82. The summed E-state index contributed by atoms with van der Waals surface area (Å²) in [5.74, 6) is -5.09. The van der Waals surface area contributed by atoms with Crippen molar-refractivity contribution in [2.75, 3.05) is 26.5 Å². The number of halogens is 6. The molecule has 2 aromatic rings. The van der Waals surface area contributed by atoms with E-state index in [0.29, 0.717) is 43.8 Å². The number of allylic oxidation sites excluding steroid dienone is 2. The van der Waals surface area contributed by atoms with Crippen LogP contribution in [-0.2, 0) is 25.2 Å². The van der Waals surface area contributed by atoms with Gasteiger partial charge < -0.3 is 19.5 Å². The van der Waals surface area contributed by atoms with Gasteiger partial charge in [-0.25, -0.2) is 18.4 Å². The molecule has 7 nitrogen and oxygen atoms in total. The van der Waals surface area contributed by atoms with Gasteiger partial charge in [0.2, 0.25) is 0 Å². The zero-order valence-corrected chi connectivity index (χ0v) is 23.7. The van der Waals surface area contributed by atoms with Crippen LogP contribution in [0.4, 0.5) is 22.0 Å². The van der Waals surface area contributed by atoms with E-state index in [1.807, 2.05) is 0 Å². The highest BCUT2D eigenvalue weighted by Crippen LogP contribution is 2.48. The number of carbonyl (C=O) groups is 2. The zero-order chi connectivity index (χ0) is 30.9. The van der Waals surface area contributed by atoms with Crippen LogP contribution in [0.3, 0.4) is 0 Å². The lowest BCUT2D eigenvalue weighted by Gasteiger charge is -2.32. The Kier molecular flexibility index (Phi) is 11.7. The number of alkyl halides is 4. The Labute approximate surface area is 244 Å². The summed E-state index contributed by atoms with van der Waals surface area (Å²) in [6.07, 6.45) is 0.554. The molecule has 0 fully saturated rings. The molecule has 0 saturated carbocycles. The van der Waals surface area contributed by atoms with Gasteiger partial charge in [0.05, 0.1) is 59.4 Å². The molecule has 1 aliphatic heterocycles. The number of rotatable bonds is 13. The maximum Gasteiger partial charge on any atom is 0.418 e. The van der Waals surface area contributed by atoms with Crippen molar-refractivity contribution < 1.29 is 45.8 Å². The van der Waals surface area contributed by atoms with E-state index >= 15 is 4.39 Å². The normalized spacial score (nSPS) is 15.4. The van der Waals surface area contributed by atoms with Gasteiger partial charge in [0.15, 0.2) is 0 Å². The smallest absolute Gasteiger partial charge is 0.418 e. The lowest BCUT2D eigenvalue weighted by Crippen LogP contribution is -2.35. The molecule has 42 heavy (non-hydrogen) atoms. The lowest BCUT2D eigenvalue weighted by molar-refractivity contribution is -0.142. The zero-order valence-electron chi connectivity index (χ0n) is 23.0. The fourth-order valence-electron chi connectivity index (χ4n) is 4.57. The molecule has 2 heterocycles. The largest absolute Gasteiger partial charge is 0.492 e. The van der Waals surface area contributed by atoms with E-state index in [2.05, 4.69) is 10.3 Å². The van der Waals surface area contributed by atoms with Crippen LogP contribution in [0.25, 0.3) is 0 Å². The van der Waals surface area contributed by atoms with Crippen molar-refractivity contribution in [2.45, 2.75) is 51.6 Å². The first-order valence-electron chi connectivity index (χ1n) is 13.2. The number of carbonyl (C=O) groups excluding carboxylic acids is 2. The average molecular weight is 617 g/mol. The van der Waals surface area contributed by atoms with Crippen molar-refractivity contribution in [3.8, 4) is 5.75 Å². The van der Waals surface area contributed by atoms with Crippen LogP contribution < -0.4 is 10.1 Å². The SMILES string of the molecule is CCOC(=O)C1=C(CF)NC(C)=C(C(=O)OCCCCCCOc2cccnc2)C1c1c(F)ccc(Cl)c1C(F)(F)F. The highest BCUT2D eigenvalue weighted by molar-refractivity contribution is 6.31. The number of esters is 2. The first kappa shape index (κ1) is 32.8. The van der Waals surface area contributed by atoms with Crippen LogP contribution in [0.5, 0.6) is 5.75 Å². The van der Waals surface area contributed by atoms with Crippen molar-refractivity contribution in [3.63, 3.8) is 0 Å². The summed E-state index contributed by atoms with van der Waals surface area (Å²) in [5, 5.41) is 1.68. The van der Waals surface area contributed by atoms with Gasteiger partial charge in [0.25, 0.3) is 0 Å². The molecule has 0 radical (unpaired) electrons. The van der Waals surface area contributed by atoms with Gasteiger partial charge in [-0.3, -0.25) is 4.98 Å². The Morgan fingerprint density at radius 3 is 2.33 bits per heavy atom. The number of benzene rings is 1. The van der Waals surface area contributed by atoms with Crippen LogP contribution in [0.2, 0.25) is 5.02 Å². The molecule has 1 unspecified atom stereocenters. The summed E-state index contributed by atoms with van der Waals surface area (Å²) in [4.78, 5) is 30.2. The Morgan fingerprint density at radius 1 is 1.02 bits per heavy atom. The van der Waals surface area contributed by atoms with Crippen molar-refractivity contribution >= 4 is 23.5 Å². The molecule has 228 valence electrons. The molecule has 3 rings (SSSR count). The molecule has 1 N–H and O–H groups in total. The second-order valence-electron chi connectivity index (χ2n) is 9.25. The van der Waals surface area contributed by atoms with Crippen LogP contribution in [-0.4, -0.2) is 43.4 Å². The second kappa shape index (κ2) is 15.0. The molecule has 13 heteroatoms. The van der Waals surface area contributed by atoms with Crippen molar-refractivity contribution in [2.24, 2.45) is 0 Å². The monoisotopic (exact) mass is 616 g/mol. The van der Waals surface area contributed by atoms with Gasteiger partial charge in [0.1, 0.15) is 18.2 Å². The van der Waals surface area contributed by atoms with Crippen molar-refractivity contribution in [3.05, 3.63) is 81.2 Å². The van der Waals surface area contributed by atoms with Gasteiger partial charge in [-0.05, 0) is 63.8 Å². The summed E-state index contributed by atoms with van der Waals surface area (Å²) in [6.45, 7) is 1.52. The topological polar surface area (TPSA) is 86.8 Å². The van der Waals surface area contributed by atoms with Crippen LogP contribution in [0.1, 0.15) is 56.6 Å². The number of hydrogen-bond donors (Lipinski definition) is 1. The van der Waals surface area contributed by atoms with E-state index in [4.69, 9.17) is 25.8 Å². The first-order chi connectivity index (χ1) is 20.0. The van der Waals surface area contributed by atoms with Crippen LogP contribution >= 0.6 is 11.6 Å². The molecule has 0 aliphatic carbocycles. The standard InChI is InChI=1S/C29H30ClF5N2O5/c1-3-40-28(39)24-21(15-31)37-17(2)22(25(24)23-20(32)11-10-19(30)26(23)29(33,34)35)27(38)42-14-7-5-4-6-13-41-18-9-8-12-36-16-18/h8-12,16,25,37H,3-7,13-15H2,1-2H3. The maximum absolute atomic E-state index is 15.3. The van der Waals surface area contributed by atoms with E-state index in [9.17, 15) is 27.2 Å². The Morgan fingerprint density at radius 2 is 1.71 bits per heavy atom. The van der Waals surface area contributed by atoms with Crippen molar-refractivity contribution in [1.29, 1.82) is 0 Å². The number of nitrogens with zero attached hydrogens (tertiary/aromatic N) is 1. The molecule has 1 aliphatic rings. The number of unbranched alkanes of at least 4 members (excludes halogenated alkanes) is 3. The molecule has 1 aromatic heterocycles. The maximum atomic E-state index is 15.3. The number of nitrogens with one attached hydrogen (secondary N) is 1. The summed E-state index contributed by atoms with van der Waals surface area (Å²) in [5.41, 5.74) is -4.45. The van der Waals surface area contributed by atoms with E-state index in [1.165, 1.54) is 13.8 Å². The molecule has 0 saturated heterocycles. The molecule has 1 aromatic carbocycles. The van der Waals surface area contributed by atoms with E-state index in [-0.39, 0.29) is 18.9 Å². The molecule has 1 atom stereocenters. The third kappa shape index (κ3) is 7.99. The lowest BCUT2D eigenvalue weighted by atomic mass is 9.78. The predicted molar refractivity (Wildman–Crippen MR) is 144 cm³/mol. The summed E-state index contributed by atoms with van der Waals surface area (Å²) < 4.78 is 87.8. The second-order valence-corrected chi connectivity index (χ2v) is 9.65. The minimum Gasteiger partial charge on any atom is -0.492 e. The molecular weight excluding hydrogens is 587 g/mol. The van der Waals surface area contributed by atoms with E-state index in [1.54, 1.807) is 24.5 Å². The third-order valence-corrected chi connectivity index (χ3v) is 6.70. The number of dihydropyridines is 1.